The van der Waals surface area contributed by atoms with E-state index in [9.17, 15) is 9.59 Å². The van der Waals surface area contributed by atoms with Crippen LogP contribution in [0.1, 0.15) is 10.4 Å². The van der Waals surface area contributed by atoms with Gasteiger partial charge in [-0.3, -0.25) is 9.59 Å². The van der Waals surface area contributed by atoms with Crippen molar-refractivity contribution in [3.8, 4) is 0 Å². The van der Waals surface area contributed by atoms with Crippen molar-refractivity contribution in [3.05, 3.63) is 82.8 Å². The van der Waals surface area contributed by atoms with Crippen LogP contribution in [0.5, 0.6) is 0 Å². The SMILES string of the molecule is O=C(Cn1ccccc1=O)c1ccc2ccccc2c1. The van der Waals surface area contributed by atoms with Crippen molar-refractivity contribution in [2.24, 2.45) is 0 Å². The zero-order valence-electron chi connectivity index (χ0n) is 10.8. The van der Waals surface area contributed by atoms with Crippen LogP contribution in [-0.4, -0.2) is 10.4 Å². The molecule has 0 radical (unpaired) electrons. The second kappa shape index (κ2) is 5.13. The Morgan fingerprint density at radius 2 is 1.65 bits per heavy atom. The number of hydrogen-bond donors (Lipinski definition) is 0. The van der Waals surface area contributed by atoms with E-state index in [1.807, 2.05) is 36.4 Å². The summed E-state index contributed by atoms with van der Waals surface area (Å²) in [5.41, 5.74) is 0.459. The molecule has 3 rings (SSSR count). The quantitative estimate of drug-likeness (QED) is 0.681. The van der Waals surface area contributed by atoms with Crippen molar-refractivity contribution in [1.29, 1.82) is 0 Å². The van der Waals surface area contributed by atoms with Crippen LogP contribution in [0.25, 0.3) is 10.8 Å². The smallest absolute Gasteiger partial charge is 0.250 e. The van der Waals surface area contributed by atoms with E-state index < -0.39 is 0 Å². The Morgan fingerprint density at radius 1 is 0.900 bits per heavy atom. The van der Waals surface area contributed by atoms with Crippen molar-refractivity contribution in [2.75, 3.05) is 0 Å². The van der Waals surface area contributed by atoms with Gasteiger partial charge in [0.1, 0.15) is 0 Å². The molecule has 0 saturated heterocycles. The number of rotatable bonds is 3. The van der Waals surface area contributed by atoms with Gasteiger partial charge >= 0.3 is 0 Å². The lowest BCUT2D eigenvalue weighted by Gasteiger charge is -2.05. The Kier molecular flexibility index (Phi) is 3.17. The molecule has 20 heavy (non-hydrogen) atoms. The topological polar surface area (TPSA) is 39.1 Å². The highest BCUT2D eigenvalue weighted by Gasteiger charge is 2.08. The fraction of sp³-hybridized carbons (Fsp3) is 0.0588. The third-order valence-corrected chi connectivity index (χ3v) is 3.28. The minimum absolute atomic E-state index is 0.0657. The molecule has 1 aromatic heterocycles. The van der Waals surface area contributed by atoms with E-state index in [0.717, 1.165) is 10.8 Å². The molecule has 0 fully saturated rings. The third kappa shape index (κ3) is 2.38. The van der Waals surface area contributed by atoms with Crippen LogP contribution in [-0.2, 0) is 6.54 Å². The summed E-state index contributed by atoms with van der Waals surface area (Å²) in [5.74, 6) is -0.0657. The van der Waals surface area contributed by atoms with Crippen LogP contribution >= 0.6 is 0 Å². The number of carbonyl (C=O) groups excluding carboxylic acids is 1. The van der Waals surface area contributed by atoms with Crippen LogP contribution < -0.4 is 5.56 Å². The second-order valence-corrected chi connectivity index (χ2v) is 4.65. The number of hydrogen-bond acceptors (Lipinski definition) is 2. The van der Waals surface area contributed by atoms with Crippen LogP contribution in [0.3, 0.4) is 0 Å². The van der Waals surface area contributed by atoms with Crippen molar-refractivity contribution in [1.82, 2.24) is 4.57 Å². The molecule has 3 nitrogen and oxygen atoms in total. The van der Waals surface area contributed by atoms with E-state index in [0.29, 0.717) is 5.56 Å². The third-order valence-electron chi connectivity index (χ3n) is 3.28. The molecule has 3 heteroatoms. The summed E-state index contributed by atoms with van der Waals surface area (Å²) in [6, 6.07) is 18.3. The van der Waals surface area contributed by atoms with E-state index in [-0.39, 0.29) is 17.9 Å². The van der Waals surface area contributed by atoms with Gasteiger partial charge in [-0.2, -0.15) is 0 Å². The first kappa shape index (κ1) is 12.4. The van der Waals surface area contributed by atoms with Crippen molar-refractivity contribution >= 4 is 16.6 Å². The minimum atomic E-state index is -0.165. The molecule has 0 saturated carbocycles. The molecule has 1 heterocycles. The fourth-order valence-corrected chi connectivity index (χ4v) is 2.20. The summed E-state index contributed by atoms with van der Waals surface area (Å²) in [4.78, 5) is 23.9. The van der Waals surface area contributed by atoms with Gasteiger partial charge in [-0.05, 0) is 22.9 Å². The Labute approximate surface area is 116 Å². The normalized spacial score (nSPS) is 10.6. The molecule has 2 aromatic carbocycles. The molecule has 0 aliphatic carbocycles. The van der Waals surface area contributed by atoms with E-state index in [4.69, 9.17) is 0 Å². The van der Waals surface area contributed by atoms with Gasteiger partial charge in [-0.25, -0.2) is 0 Å². The number of benzene rings is 2. The molecule has 0 aliphatic rings. The molecular formula is C17H13NO2. The summed E-state index contributed by atoms with van der Waals surface area (Å²) in [7, 11) is 0. The van der Waals surface area contributed by atoms with Gasteiger partial charge in [-0.1, -0.05) is 42.5 Å². The molecule has 0 bridgehead atoms. The molecule has 0 N–H and O–H groups in total. The molecule has 0 unspecified atom stereocenters. The standard InChI is InChI=1S/C17H13NO2/c19-16(12-18-10-4-3-7-17(18)20)15-9-8-13-5-1-2-6-14(13)11-15/h1-11H,12H2. The van der Waals surface area contributed by atoms with Gasteiger partial charge in [0.15, 0.2) is 5.78 Å². The average Bonchev–Trinajstić information content (AvgIpc) is 2.49. The number of fused-ring (bicyclic) bond motifs is 1. The first-order valence-corrected chi connectivity index (χ1v) is 6.41. The lowest BCUT2D eigenvalue weighted by Crippen LogP contribution is -2.22. The van der Waals surface area contributed by atoms with Crippen LogP contribution in [0.2, 0.25) is 0 Å². The lowest BCUT2D eigenvalue weighted by atomic mass is 10.0. The van der Waals surface area contributed by atoms with E-state index in [2.05, 4.69) is 0 Å². The Balaban J connectivity index is 1.93. The summed E-state index contributed by atoms with van der Waals surface area (Å²) in [6.07, 6.45) is 1.63. The highest BCUT2D eigenvalue weighted by atomic mass is 16.1. The maximum Gasteiger partial charge on any atom is 0.250 e. The van der Waals surface area contributed by atoms with Gasteiger partial charge in [0.2, 0.25) is 0 Å². The van der Waals surface area contributed by atoms with E-state index >= 15 is 0 Å². The monoisotopic (exact) mass is 263 g/mol. The maximum atomic E-state index is 12.3. The number of aromatic nitrogens is 1. The number of ketones is 1. The van der Waals surface area contributed by atoms with Gasteiger partial charge in [0.25, 0.3) is 5.56 Å². The summed E-state index contributed by atoms with van der Waals surface area (Å²) >= 11 is 0. The number of Topliss-reactive ketones (excluding diaryl/α,β-unsaturated/α-hetero) is 1. The van der Waals surface area contributed by atoms with Crippen LogP contribution in [0.15, 0.2) is 71.7 Å². The van der Waals surface area contributed by atoms with Gasteiger partial charge in [0.05, 0.1) is 6.54 Å². The highest BCUT2D eigenvalue weighted by molar-refractivity contribution is 5.99. The van der Waals surface area contributed by atoms with E-state index in [1.54, 1.807) is 24.4 Å². The summed E-state index contributed by atoms with van der Waals surface area (Å²) in [6.45, 7) is 0.0675. The number of pyridine rings is 1. The van der Waals surface area contributed by atoms with Crippen molar-refractivity contribution in [2.45, 2.75) is 6.54 Å². The largest absolute Gasteiger partial charge is 0.308 e. The Hall–Kier alpha value is -2.68. The van der Waals surface area contributed by atoms with Crippen molar-refractivity contribution in [3.63, 3.8) is 0 Å². The van der Waals surface area contributed by atoms with Crippen LogP contribution in [0, 0.1) is 0 Å². The summed E-state index contributed by atoms with van der Waals surface area (Å²) in [5, 5.41) is 2.12. The minimum Gasteiger partial charge on any atom is -0.308 e. The average molecular weight is 263 g/mol. The van der Waals surface area contributed by atoms with Crippen LogP contribution in [0.4, 0.5) is 0 Å². The predicted octanol–water partition coefficient (Wildman–Crippen LogP) is 2.88. The molecule has 0 spiro atoms. The molecule has 3 aromatic rings. The predicted molar refractivity (Wildman–Crippen MR) is 79.0 cm³/mol. The number of carbonyl (C=O) groups is 1. The number of nitrogens with zero attached hydrogens (tertiary/aromatic N) is 1. The van der Waals surface area contributed by atoms with Gasteiger partial charge in [-0.15, -0.1) is 0 Å². The fourth-order valence-electron chi connectivity index (χ4n) is 2.20. The first-order chi connectivity index (χ1) is 9.74. The highest BCUT2D eigenvalue weighted by Crippen LogP contribution is 2.16. The zero-order chi connectivity index (χ0) is 13.9. The van der Waals surface area contributed by atoms with Gasteiger partial charge < -0.3 is 4.57 Å². The summed E-state index contributed by atoms with van der Waals surface area (Å²) < 4.78 is 1.41. The molecular weight excluding hydrogens is 250 g/mol. The molecule has 0 atom stereocenters. The lowest BCUT2D eigenvalue weighted by molar-refractivity contribution is 0.0971. The Bertz CT molecular complexity index is 833. The first-order valence-electron chi connectivity index (χ1n) is 6.41. The zero-order valence-corrected chi connectivity index (χ0v) is 10.8. The molecule has 0 aliphatic heterocycles. The maximum absolute atomic E-state index is 12.3. The second-order valence-electron chi connectivity index (χ2n) is 4.65. The Morgan fingerprint density at radius 3 is 2.45 bits per heavy atom. The van der Waals surface area contributed by atoms with Crippen molar-refractivity contribution < 1.29 is 4.79 Å². The van der Waals surface area contributed by atoms with E-state index in [1.165, 1.54) is 10.6 Å². The molecule has 0 amide bonds. The molecule has 98 valence electrons. The van der Waals surface area contributed by atoms with Gasteiger partial charge in [0, 0.05) is 17.8 Å².